The molecule has 4 aliphatic rings. The van der Waals surface area contributed by atoms with Crippen molar-refractivity contribution in [2.75, 3.05) is 4.90 Å². The number of anilines is 2. The monoisotopic (exact) mass is 866 g/mol. The van der Waals surface area contributed by atoms with E-state index in [1.807, 2.05) is 0 Å². The van der Waals surface area contributed by atoms with Crippen LogP contribution in [0.2, 0.25) is 0 Å². The van der Waals surface area contributed by atoms with Crippen LogP contribution in [-0.2, 0) is 22.7 Å². The average Bonchev–Trinajstić information content (AvgIpc) is 3.95. The Morgan fingerprint density at radius 3 is 2.09 bits per heavy atom. The molecule has 2 aliphatic heterocycles. The molecule has 0 spiro atoms. The third-order valence-corrected chi connectivity index (χ3v) is 17.0. The molecule has 4 heteroatoms. The van der Waals surface area contributed by atoms with Crippen molar-refractivity contribution in [3.63, 3.8) is 0 Å². The minimum Gasteiger partial charge on any atom is -0.456 e. The summed E-state index contributed by atoms with van der Waals surface area (Å²) in [7, 11) is 0. The highest BCUT2D eigenvalue weighted by atomic mass is 16.3. The lowest BCUT2D eigenvalue weighted by Crippen LogP contribution is -2.52. The van der Waals surface area contributed by atoms with Crippen LogP contribution in [0, 0.1) is 0 Å². The number of rotatable bonds is 5. The molecule has 14 rings (SSSR count). The predicted molar refractivity (Wildman–Crippen MR) is 285 cm³/mol. The summed E-state index contributed by atoms with van der Waals surface area (Å²) in [6, 6.07) is 55.9. The number of aryl methyl sites for hydroxylation is 1. The first-order valence-electron chi connectivity index (χ1n) is 24.8. The number of allylic oxidation sites excluding steroid dienone is 1. The maximum absolute atomic E-state index is 7.07. The Bertz CT molecular complexity index is 3840. The van der Waals surface area contributed by atoms with Crippen LogP contribution in [0.3, 0.4) is 0 Å². The SMILES string of the molecule is CCCCc1ccc(N2C3=C(B4c5c2cc2oc6ccccc6c2c5-c2cccc5c6cc7ccccc7cc6n4c25)C(C)(C)c2cc4c(cc23)C(C)(C)CCC4(C)C)c(-c2ccccc2)c1. The number of fused-ring (bicyclic) bond motifs is 14. The molecule has 326 valence electrons. The maximum Gasteiger partial charge on any atom is 0.329 e. The summed E-state index contributed by atoms with van der Waals surface area (Å²) in [6.07, 6.45) is 5.73. The Morgan fingerprint density at radius 2 is 1.30 bits per heavy atom. The largest absolute Gasteiger partial charge is 0.456 e. The molecule has 0 atom stereocenters. The lowest BCUT2D eigenvalue weighted by molar-refractivity contribution is 0.331. The van der Waals surface area contributed by atoms with Gasteiger partial charge in [-0.15, -0.1) is 0 Å². The van der Waals surface area contributed by atoms with Gasteiger partial charge in [0, 0.05) is 72.1 Å². The van der Waals surface area contributed by atoms with Crippen molar-refractivity contribution in [3.8, 4) is 22.3 Å². The third-order valence-electron chi connectivity index (χ3n) is 17.0. The summed E-state index contributed by atoms with van der Waals surface area (Å²) < 4.78 is 9.86. The normalized spacial score (nSPS) is 17.2. The number of benzene rings is 8. The zero-order valence-corrected chi connectivity index (χ0v) is 39.8. The molecule has 0 bridgehead atoms. The number of nitrogens with zero attached hydrogens (tertiary/aromatic N) is 2. The fourth-order valence-corrected chi connectivity index (χ4v) is 13.4. The molecule has 10 aromatic rings. The molecule has 2 aromatic heterocycles. The molecule has 0 N–H and O–H groups in total. The van der Waals surface area contributed by atoms with Gasteiger partial charge in [0.2, 0.25) is 0 Å². The van der Waals surface area contributed by atoms with Crippen molar-refractivity contribution in [2.45, 2.75) is 96.8 Å². The lowest BCUT2D eigenvalue weighted by atomic mass is 9.40. The number of furan rings is 1. The van der Waals surface area contributed by atoms with E-state index >= 15 is 0 Å². The van der Waals surface area contributed by atoms with Crippen molar-refractivity contribution >= 4 is 83.9 Å². The molecule has 67 heavy (non-hydrogen) atoms. The van der Waals surface area contributed by atoms with Gasteiger partial charge >= 0.3 is 6.85 Å². The van der Waals surface area contributed by atoms with E-state index in [1.54, 1.807) is 0 Å². The van der Waals surface area contributed by atoms with Crippen LogP contribution in [0.15, 0.2) is 155 Å². The first-order chi connectivity index (χ1) is 32.4. The Hall–Kier alpha value is -6.78. The van der Waals surface area contributed by atoms with E-state index in [9.17, 15) is 0 Å². The van der Waals surface area contributed by atoms with Crippen LogP contribution < -0.4 is 10.4 Å². The van der Waals surface area contributed by atoms with Gasteiger partial charge in [0.05, 0.1) is 5.69 Å². The molecule has 0 amide bonds. The van der Waals surface area contributed by atoms with Gasteiger partial charge in [-0.25, -0.2) is 0 Å². The van der Waals surface area contributed by atoms with Gasteiger partial charge in [0.25, 0.3) is 0 Å². The smallest absolute Gasteiger partial charge is 0.329 e. The van der Waals surface area contributed by atoms with Gasteiger partial charge in [-0.3, -0.25) is 0 Å². The topological polar surface area (TPSA) is 21.3 Å². The number of unbranched alkanes of at least 4 members (excludes halogenated alkanes) is 1. The van der Waals surface area contributed by atoms with Crippen molar-refractivity contribution in [1.29, 1.82) is 0 Å². The highest BCUT2D eigenvalue weighted by Gasteiger charge is 2.55. The van der Waals surface area contributed by atoms with E-state index in [0.29, 0.717) is 0 Å². The number of hydrogen-bond acceptors (Lipinski definition) is 2. The zero-order valence-electron chi connectivity index (χ0n) is 39.8. The van der Waals surface area contributed by atoms with E-state index in [-0.39, 0.29) is 23.1 Å². The second-order valence-electron chi connectivity index (χ2n) is 22.1. The molecule has 4 heterocycles. The summed E-state index contributed by atoms with van der Waals surface area (Å²) in [4.78, 5) is 2.72. The molecule has 0 saturated carbocycles. The van der Waals surface area contributed by atoms with E-state index in [2.05, 4.69) is 203 Å². The van der Waals surface area contributed by atoms with Gasteiger partial charge in [0.15, 0.2) is 0 Å². The van der Waals surface area contributed by atoms with Crippen molar-refractivity contribution in [1.82, 2.24) is 4.48 Å². The van der Waals surface area contributed by atoms with Crippen LogP contribution in [0.5, 0.6) is 0 Å². The van der Waals surface area contributed by atoms with Crippen molar-refractivity contribution in [2.24, 2.45) is 0 Å². The maximum atomic E-state index is 7.07. The number of hydrogen-bond donors (Lipinski definition) is 0. The van der Waals surface area contributed by atoms with Gasteiger partial charge in [-0.05, 0) is 128 Å². The Kier molecular flexibility index (Phi) is 7.90. The average molecular weight is 867 g/mol. The highest BCUT2D eigenvalue weighted by Crippen LogP contribution is 2.60. The van der Waals surface area contributed by atoms with Crippen LogP contribution >= 0.6 is 0 Å². The molecular formula is C63H55BN2O. The fraction of sp³-hybridized carbons (Fsp3) is 0.238. The summed E-state index contributed by atoms with van der Waals surface area (Å²) in [5.74, 6) is 0. The van der Waals surface area contributed by atoms with Crippen molar-refractivity contribution < 1.29 is 4.42 Å². The summed E-state index contributed by atoms with van der Waals surface area (Å²) in [5, 5.41) is 7.54. The molecule has 2 aliphatic carbocycles. The summed E-state index contributed by atoms with van der Waals surface area (Å²) in [5.41, 5.74) is 23.1. The molecule has 0 saturated heterocycles. The molecule has 8 aromatic carbocycles. The van der Waals surface area contributed by atoms with Crippen LogP contribution in [0.4, 0.5) is 11.4 Å². The second-order valence-corrected chi connectivity index (χ2v) is 22.1. The molecular weight excluding hydrogens is 812 g/mol. The molecule has 0 fully saturated rings. The van der Waals surface area contributed by atoms with Crippen molar-refractivity contribution in [3.05, 3.63) is 179 Å². The number of aromatic nitrogens is 1. The Labute approximate surface area is 393 Å². The van der Waals surface area contributed by atoms with E-state index < -0.39 is 0 Å². The van der Waals surface area contributed by atoms with E-state index in [0.717, 1.165) is 30.4 Å². The minimum absolute atomic E-state index is 0.0438. The fourth-order valence-electron chi connectivity index (χ4n) is 13.4. The molecule has 0 radical (unpaired) electrons. The summed E-state index contributed by atoms with van der Waals surface area (Å²) >= 11 is 0. The lowest BCUT2D eigenvalue weighted by Gasteiger charge is -2.43. The minimum atomic E-state index is -0.331. The first-order valence-corrected chi connectivity index (χ1v) is 24.8. The number of para-hydroxylation sites is 2. The molecule has 3 nitrogen and oxygen atoms in total. The van der Waals surface area contributed by atoms with Crippen LogP contribution in [-0.4, -0.2) is 11.3 Å². The Morgan fingerprint density at radius 1 is 0.582 bits per heavy atom. The van der Waals surface area contributed by atoms with Crippen LogP contribution in [0.25, 0.3) is 82.5 Å². The Balaban J connectivity index is 1.20. The molecule has 0 unspecified atom stereocenters. The first kappa shape index (κ1) is 39.4. The van der Waals surface area contributed by atoms with Crippen LogP contribution in [0.1, 0.15) is 102 Å². The van der Waals surface area contributed by atoms with E-state index in [4.69, 9.17) is 4.42 Å². The van der Waals surface area contributed by atoms with Gasteiger partial charge in [-0.1, -0.05) is 158 Å². The zero-order chi connectivity index (χ0) is 45.3. The van der Waals surface area contributed by atoms with Gasteiger partial charge in [-0.2, -0.15) is 0 Å². The van der Waals surface area contributed by atoms with Gasteiger partial charge in [0.1, 0.15) is 11.2 Å². The summed E-state index contributed by atoms with van der Waals surface area (Å²) in [6.45, 7) is 17.2. The highest BCUT2D eigenvalue weighted by molar-refractivity contribution is 6.86. The van der Waals surface area contributed by atoms with E-state index in [1.165, 1.54) is 134 Å². The van der Waals surface area contributed by atoms with Gasteiger partial charge < -0.3 is 13.8 Å². The standard InChI is InChI=1S/C63H55BN2O/c1-8-9-18-37-27-28-50(44(31-37)38-19-11-10-12-20-38)65-52-36-54-55(42-23-15-16-26-53(42)67-54)56-43-25-17-24-41-45-32-39-21-13-14-22-40(39)33-51(45)66(58(41)43)64(57(52)56)60-59(65)46-34-48-49(35-47(46)63(60,6)7)62(4,5)30-29-61(48,2)3/h10-17,19-28,31-36H,8-9,18,29-30H2,1-7H3. The predicted octanol–water partition coefficient (Wildman–Crippen LogP) is 16.3. The second kappa shape index (κ2) is 13.4. The third kappa shape index (κ3) is 5.19. The quantitative estimate of drug-likeness (QED) is 0.161.